The second kappa shape index (κ2) is 8.86. The van der Waals surface area contributed by atoms with Crippen LogP contribution in [-0.4, -0.2) is 16.8 Å². The van der Waals surface area contributed by atoms with Gasteiger partial charge in [0.2, 0.25) is 5.76 Å². The second-order valence-corrected chi connectivity index (χ2v) is 12.1. The molecule has 5 aromatic rings. The summed E-state index contributed by atoms with van der Waals surface area (Å²) in [6.45, 7) is 7.75. The molecule has 204 valence electrons. The summed E-state index contributed by atoms with van der Waals surface area (Å²) in [5.74, 6) is -1.15. The van der Waals surface area contributed by atoms with Gasteiger partial charge in [-0.2, -0.15) is 0 Å². The lowest BCUT2D eigenvalue weighted by Crippen LogP contribution is -2.53. The lowest BCUT2D eigenvalue weighted by Gasteiger charge is -2.32. The lowest BCUT2D eigenvalue weighted by molar-refractivity contribution is -0.121. The van der Waals surface area contributed by atoms with Crippen LogP contribution in [0.2, 0.25) is 5.02 Å². The van der Waals surface area contributed by atoms with E-state index in [9.17, 15) is 14.4 Å². The van der Waals surface area contributed by atoms with E-state index in [1.54, 1.807) is 29.2 Å². The molecule has 2 aliphatic heterocycles. The van der Waals surface area contributed by atoms with Crippen molar-refractivity contribution in [2.45, 2.75) is 39.8 Å². The van der Waals surface area contributed by atoms with Crippen LogP contribution in [0.15, 0.2) is 69.9 Å². The van der Waals surface area contributed by atoms with Gasteiger partial charge in [0.25, 0.3) is 11.8 Å². The number of halogens is 1. The predicted molar refractivity (Wildman–Crippen MR) is 160 cm³/mol. The molecule has 0 saturated carbocycles. The summed E-state index contributed by atoms with van der Waals surface area (Å²) in [6, 6.07) is 18.1. The number of para-hydroxylation sites is 1. The Hall–Kier alpha value is -4.27. The van der Waals surface area contributed by atoms with Gasteiger partial charge in [-0.25, -0.2) is 4.98 Å². The van der Waals surface area contributed by atoms with Crippen molar-refractivity contribution >= 4 is 56.5 Å². The molecule has 7 nitrogen and oxygen atoms in total. The molecular weight excluding hydrogens is 558 g/mol. The van der Waals surface area contributed by atoms with Crippen LogP contribution < -0.4 is 15.2 Å². The van der Waals surface area contributed by atoms with Gasteiger partial charge in [-0.15, -0.1) is 11.3 Å². The number of fused-ring (bicyclic) bond motifs is 5. The van der Waals surface area contributed by atoms with E-state index in [0.29, 0.717) is 32.4 Å². The third-order valence-electron chi connectivity index (χ3n) is 8.24. The van der Waals surface area contributed by atoms with Crippen LogP contribution in [0.5, 0.6) is 0 Å². The standard InChI is InChI=1S/C32H24ClN3O4S/c1-16-13-21-25(14-17(16)2)40-28-26(27(21)37)32(36(29(28)38)31-34-18(3)19(4)41-31)22-10-6-8-12-24(22)35(30(32)39)15-20-9-5-7-11-23(20)33/h5-14H,15H2,1-4H3. The summed E-state index contributed by atoms with van der Waals surface area (Å²) < 4.78 is 6.24. The zero-order valence-corrected chi connectivity index (χ0v) is 24.3. The molecule has 0 saturated heterocycles. The summed E-state index contributed by atoms with van der Waals surface area (Å²) in [7, 11) is 0. The molecular formula is C32H24ClN3O4S. The molecule has 0 aliphatic carbocycles. The fourth-order valence-electron chi connectivity index (χ4n) is 5.92. The predicted octanol–water partition coefficient (Wildman–Crippen LogP) is 6.59. The highest BCUT2D eigenvalue weighted by Gasteiger charge is 2.66. The zero-order chi connectivity index (χ0) is 28.8. The number of benzene rings is 3. The van der Waals surface area contributed by atoms with Crippen LogP contribution in [0.3, 0.4) is 0 Å². The number of carbonyl (C=O) groups is 2. The van der Waals surface area contributed by atoms with Crippen molar-refractivity contribution in [1.82, 2.24) is 4.98 Å². The maximum Gasteiger partial charge on any atom is 0.297 e. The highest BCUT2D eigenvalue weighted by atomic mass is 35.5. The third kappa shape index (κ3) is 3.38. The normalized spacial score (nSPS) is 17.7. The van der Waals surface area contributed by atoms with E-state index in [1.807, 2.05) is 64.1 Å². The van der Waals surface area contributed by atoms with Gasteiger partial charge in [0.1, 0.15) is 5.58 Å². The lowest BCUT2D eigenvalue weighted by atomic mass is 9.84. The van der Waals surface area contributed by atoms with Crippen molar-refractivity contribution in [2.24, 2.45) is 0 Å². The van der Waals surface area contributed by atoms with E-state index in [-0.39, 0.29) is 17.9 Å². The number of hydrogen-bond donors (Lipinski definition) is 0. The first kappa shape index (κ1) is 25.7. The maximum absolute atomic E-state index is 15.0. The number of hydrogen-bond acceptors (Lipinski definition) is 6. The number of anilines is 2. The van der Waals surface area contributed by atoms with E-state index < -0.39 is 22.8 Å². The van der Waals surface area contributed by atoms with Crippen molar-refractivity contribution in [3.8, 4) is 0 Å². The summed E-state index contributed by atoms with van der Waals surface area (Å²) in [6.07, 6.45) is 0. The van der Waals surface area contributed by atoms with Crippen molar-refractivity contribution in [2.75, 3.05) is 9.80 Å². The zero-order valence-electron chi connectivity index (χ0n) is 22.7. The summed E-state index contributed by atoms with van der Waals surface area (Å²) in [5.41, 5.74) is 2.54. The number of carbonyl (C=O) groups excluding carboxylic acids is 2. The van der Waals surface area contributed by atoms with E-state index in [1.165, 1.54) is 16.2 Å². The van der Waals surface area contributed by atoms with E-state index in [0.717, 1.165) is 27.3 Å². The molecule has 9 heteroatoms. The van der Waals surface area contributed by atoms with Gasteiger partial charge in [-0.3, -0.25) is 19.3 Å². The van der Waals surface area contributed by atoms with Crippen molar-refractivity contribution in [3.63, 3.8) is 0 Å². The van der Waals surface area contributed by atoms with E-state index in [4.69, 9.17) is 21.0 Å². The molecule has 0 N–H and O–H groups in total. The number of thiazole rings is 1. The second-order valence-electron chi connectivity index (χ2n) is 10.6. The molecule has 0 radical (unpaired) electrons. The van der Waals surface area contributed by atoms with Crippen molar-refractivity contribution in [3.05, 3.63) is 120 Å². The molecule has 0 bridgehead atoms. The highest BCUT2D eigenvalue weighted by molar-refractivity contribution is 7.16. The summed E-state index contributed by atoms with van der Waals surface area (Å²) in [5, 5.41) is 1.16. The van der Waals surface area contributed by atoms with Crippen LogP contribution in [0.4, 0.5) is 10.8 Å². The Morgan fingerprint density at radius 2 is 1.66 bits per heavy atom. The molecule has 2 amide bonds. The molecule has 41 heavy (non-hydrogen) atoms. The SMILES string of the molecule is Cc1cc2oc3c(c(=O)c2cc1C)C1(C(=O)N(Cc2ccccc2Cl)c2ccccc21)N(c1nc(C)c(C)s1)C3=O. The minimum Gasteiger partial charge on any atom is -0.450 e. The Bertz CT molecular complexity index is 2010. The largest absolute Gasteiger partial charge is 0.450 e. The number of nitrogens with zero attached hydrogens (tertiary/aromatic N) is 3. The monoisotopic (exact) mass is 581 g/mol. The number of amides is 2. The summed E-state index contributed by atoms with van der Waals surface area (Å²) in [4.78, 5) is 52.4. The molecule has 3 aromatic carbocycles. The minimum absolute atomic E-state index is 0.0165. The molecule has 2 aliphatic rings. The Morgan fingerprint density at radius 1 is 0.951 bits per heavy atom. The van der Waals surface area contributed by atoms with Gasteiger partial charge in [0.05, 0.1) is 28.9 Å². The molecule has 0 fully saturated rings. The van der Waals surface area contributed by atoms with Gasteiger partial charge in [0, 0.05) is 15.5 Å². The van der Waals surface area contributed by atoms with Gasteiger partial charge in [-0.05, 0) is 68.7 Å². The minimum atomic E-state index is -1.80. The fraction of sp³-hybridized carbons (Fsp3) is 0.188. The third-order valence-corrected chi connectivity index (χ3v) is 9.66. The van der Waals surface area contributed by atoms with Crippen LogP contribution in [0.1, 0.15) is 48.9 Å². The van der Waals surface area contributed by atoms with Crippen LogP contribution in [0.25, 0.3) is 11.0 Å². The van der Waals surface area contributed by atoms with Gasteiger partial charge in [-0.1, -0.05) is 48.0 Å². The molecule has 7 rings (SSSR count). The first-order chi connectivity index (χ1) is 19.6. The molecule has 1 unspecified atom stereocenters. The number of aromatic nitrogens is 1. The number of aryl methyl sites for hydroxylation is 4. The Kier molecular flexibility index (Phi) is 5.55. The molecule has 1 spiro atoms. The van der Waals surface area contributed by atoms with Gasteiger partial charge in [0.15, 0.2) is 16.1 Å². The first-order valence-corrected chi connectivity index (χ1v) is 14.4. The fourth-order valence-corrected chi connectivity index (χ4v) is 7.08. The van der Waals surface area contributed by atoms with E-state index >= 15 is 0 Å². The van der Waals surface area contributed by atoms with E-state index in [2.05, 4.69) is 0 Å². The van der Waals surface area contributed by atoms with Gasteiger partial charge >= 0.3 is 0 Å². The van der Waals surface area contributed by atoms with Crippen molar-refractivity contribution in [1.29, 1.82) is 0 Å². The van der Waals surface area contributed by atoms with Crippen LogP contribution in [0, 0.1) is 27.7 Å². The Labute approximate surface area is 244 Å². The maximum atomic E-state index is 15.0. The highest BCUT2D eigenvalue weighted by Crippen LogP contribution is 2.55. The smallest absolute Gasteiger partial charge is 0.297 e. The summed E-state index contributed by atoms with van der Waals surface area (Å²) >= 11 is 7.82. The first-order valence-electron chi connectivity index (χ1n) is 13.2. The molecule has 4 heterocycles. The van der Waals surface area contributed by atoms with Crippen molar-refractivity contribution < 1.29 is 14.0 Å². The topological polar surface area (TPSA) is 83.7 Å². The number of rotatable bonds is 3. The van der Waals surface area contributed by atoms with Gasteiger partial charge < -0.3 is 9.32 Å². The molecule has 1 atom stereocenters. The Balaban J connectivity index is 1.58. The molecule has 2 aromatic heterocycles. The van der Waals surface area contributed by atoms with Crippen LogP contribution in [-0.2, 0) is 16.9 Å². The van der Waals surface area contributed by atoms with Crippen LogP contribution >= 0.6 is 22.9 Å². The average Bonchev–Trinajstić information content (AvgIpc) is 3.50. The Morgan fingerprint density at radius 3 is 2.39 bits per heavy atom. The quantitative estimate of drug-likeness (QED) is 0.240. The average molecular weight is 582 g/mol.